The normalized spacial score (nSPS) is 22.7. The summed E-state index contributed by atoms with van der Waals surface area (Å²) in [6.07, 6.45) is 3.49. The fraction of sp³-hybridized carbons (Fsp3) is 0.421. The summed E-state index contributed by atoms with van der Waals surface area (Å²) in [6.45, 7) is 1.39. The van der Waals surface area contributed by atoms with E-state index in [2.05, 4.69) is 5.32 Å². The second-order valence-corrected chi connectivity index (χ2v) is 6.88. The van der Waals surface area contributed by atoms with Crippen LogP contribution in [0.15, 0.2) is 24.3 Å². The van der Waals surface area contributed by atoms with E-state index in [4.69, 9.17) is 5.26 Å². The van der Waals surface area contributed by atoms with E-state index < -0.39 is 30.3 Å². The van der Waals surface area contributed by atoms with Crippen molar-refractivity contribution in [3.63, 3.8) is 0 Å². The standard InChI is InChI=1S/C19H20N4O4/c1-12-6-2-5-9-15(12)23-18(26)17(25)22(19(23)27)11-16(24)21-14-8-4-3-7-13(14)10-20/h3-4,7-8,12,15H,2,5-6,9,11H2,1H3,(H,21,24)/t12-,15-/m0/s1. The van der Waals surface area contributed by atoms with Crippen LogP contribution in [0.1, 0.15) is 38.2 Å². The maximum Gasteiger partial charge on any atom is 0.334 e. The SMILES string of the molecule is C[C@H]1CCCC[C@@H]1N1C(=O)C(=O)N(CC(=O)Nc2ccccc2C#N)C1=O. The number of carbonyl (C=O) groups is 4. The molecule has 140 valence electrons. The lowest BCUT2D eigenvalue weighted by atomic mass is 9.85. The summed E-state index contributed by atoms with van der Waals surface area (Å²) >= 11 is 0. The van der Waals surface area contributed by atoms with Gasteiger partial charge in [-0.05, 0) is 30.9 Å². The molecule has 5 amide bonds. The molecule has 0 unspecified atom stereocenters. The Morgan fingerprint density at radius 2 is 1.89 bits per heavy atom. The Hall–Kier alpha value is -3.21. The van der Waals surface area contributed by atoms with Crippen molar-refractivity contribution in [3.8, 4) is 6.07 Å². The topological polar surface area (TPSA) is 111 Å². The van der Waals surface area contributed by atoms with Crippen molar-refractivity contribution >= 4 is 29.4 Å². The molecule has 2 aliphatic rings. The van der Waals surface area contributed by atoms with Crippen LogP contribution >= 0.6 is 0 Å². The number of para-hydroxylation sites is 1. The highest BCUT2D eigenvalue weighted by atomic mass is 16.2. The quantitative estimate of drug-likeness (QED) is 0.644. The molecule has 1 saturated carbocycles. The van der Waals surface area contributed by atoms with E-state index in [1.807, 2.05) is 13.0 Å². The molecule has 0 bridgehead atoms. The Morgan fingerprint density at radius 3 is 2.59 bits per heavy atom. The molecule has 3 rings (SSSR count). The number of hydrogen-bond acceptors (Lipinski definition) is 5. The van der Waals surface area contributed by atoms with Crippen LogP contribution in [0.25, 0.3) is 0 Å². The monoisotopic (exact) mass is 368 g/mol. The Kier molecular flexibility index (Phi) is 5.21. The smallest absolute Gasteiger partial charge is 0.323 e. The molecule has 0 spiro atoms. The second-order valence-electron chi connectivity index (χ2n) is 6.88. The van der Waals surface area contributed by atoms with Crippen LogP contribution in [0.3, 0.4) is 0 Å². The number of hydrogen-bond donors (Lipinski definition) is 1. The number of rotatable bonds is 4. The zero-order valence-corrected chi connectivity index (χ0v) is 15.0. The lowest BCUT2D eigenvalue weighted by Gasteiger charge is -2.34. The lowest BCUT2D eigenvalue weighted by molar-refractivity contribution is -0.145. The Balaban J connectivity index is 1.72. The fourth-order valence-electron chi connectivity index (χ4n) is 3.66. The van der Waals surface area contributed by atoms with Gasteiger partial charge in [-0.15, -0.1) is 0 Å². The molecule has 1 aliphatic carbocycles. The first-order valence-electron chi connectivity index (χ1n) is 8.92. The van der Waals surface area contributed by atoms with Gasteiger partial charge in [-0.1, -0.05) is 31.9 Å². The fourth-order valence-corrected chi connectivity index (χ4v) is 3.66. The van der Waals surface area contributed by atoms with Gasteiger partial charge in [0.15, 0.2) is 0 Å². The predicted octanol–water partition coefficient (Wildman–Crippen LogP) is 1.87. The van der Waals surface area contributed by atoms with Gasteiger partial charge in [0.05, 0.1) is 11.3 Å². The first-order chi connectivity index (χ1) is 12.9. The van der Waals surface area contributed by atoms with E-state index in [0.29, 0.717) is 11.3 Å². The minimum absolute atomic E-state index is 0.121. The molecule has 1 aromatic carbocycles. The molecular formula is C19H20N4O4. The maximum atomic E-state index is 12.7. The largest absolute Gasteiger partial charge is 0.334 e. The number of anilines is 1. The summed E-state index contributed by atoms with van der Waals surface area (Å²) in [5.74, 6) is -2.38. The van der Waals surface area contributed by atoms with E-state index in [1.165, 1.54) is 6.07 Å². The third-order valence-electron chi connectivity index (χ3n) is 5.11. The first-order valence-corrected chi connectivity index (χ1v) is 8.92. The molecular weight excluding hydrogens is 348 g/mol. The molecule has 1 heterocycles. The van der Waals surface area contributed by atoms with Crippen molar-refractivity contribution in [3.05, 3.63) is 29.8 Å². The number of nitriles is 1. The molecule has 1 aromatic rings. The average Bonchev–Trinajstić information content (AvgIpc) is 2.86. The van der Waals surface area contributed by atoms with E-state index in [9.17, 15) is 19.2 Å². The van der Waals surface area contributed by atoms with Gasteiger partial charge in [0.25, 0.3) is 0 Å². The van der Waals surface area contributed by atoms with Gasteiger partial charge in [-0.25, -0.2) is 9.69 Å². The van der Waals surface area contributed by atoms with Gasteiger partial charge in [0, 0.05) is 6.04 Å². The van der Waals surface area contributed by atoms with Crippen LogP contribution in [0.5, 0.6) is 0 Å². The summed E-state index contributed by atoms with van der Waals surface area (Å²) in [5.41, 5.74) is 0.548. The van der Waals surface area contributed by atoms with Crippen molar-refractivity contribution in [2.45, 2.75) is 38.6 Å². The molecule has 0 radical (unpaired) electrons. The van der Waals surface area contributed by atoms with Crippen molar-refractivity contribution in [1.82, 2.24) is 9.80 Å². The molecule has 8 nitrogen and oxygen atoms in total. The average molecular weight is 368 g/mol. The zero-order valence-electron chi connectivity index (χ0n) is 15.0. The van der Waals surface area contributed by atoms with Crippen LogP contribution in [0.4, 0.5) is 10.5 Å². The minimum atomic E-state index is -0.985. The van der Waals surface area contributed by atoms with Crippen LogP contribution < -0.4 is 5.32 Å². The van der Waals surface area contributed by atoms with Crippen LogP contribution in [-0.2, 0) is 14.4 Å². The molecule has 1 saturated heterocycles. The number of nitrogens with zero attached hydrogens (tertiary/aromatic N) is 3. The summed E-state index contributed by atoms with van der Waals surface area (Å²) in [4.78, 5) is 51.3. The second kappa shape index (κ2) is 7.58. The lowest BCUT2D eigenvalue weighted by Crippen LogP contribution is -2.46. The number of carbonyl (C=O) groups excluding carboxylic acids is 4. The summed E-state index contributed by atoms with van der Waals surface area (Å²) < 4.78 is 0. The molecule has 2 fully saturated rings. The number of nitrogens with one attached hydrogen (secondary N) is 1. The highest BCUT2D eigenvalue weighted by Gasteiger charge is 2.49. The number of benzene rings is 1. The molecule has 27 heavy (non-hydrogen) atoms. The number of amides is 5. The maximum absolute atomic E-state index is 12.7. The van der Waals surface area contributed by atoms with E-state index in [1.54, 1.807) is 18.2 Å². The molecule has 0 aromatic heterocycles. The van der Waals surface area contributed by atoms with Crippen molar-refractivity contribution in [2.24, 2.45) is 5.92 Å². The number of urea groups is 1. The Labute approximate surface area is 156 Å². The van der Waals surface area contributed by atoms with Gasteiger partial charge >= 0.3 is 17.8 Å². The summed E-state index contributed by atoms with van der Waals surface area (Å²) in [5, 5.41) is 11.6. The van der Waals surface area contributed by atoms with Gasteiger partial charge in [0.1, 0.15) is 12.6 Å². The van der Waals surface area contributed by atoms with E-state index >= 15 is 0 Å². The van der Waals surface area contributed by atoms with Crippen LogP contribution in [-0.4, -0.2) is 46.1 Å². The Morgan fingerprint density at radius 1 is 1.19 bits per heavy atom. The zero-order chi connectivity index (χ0) is 19.6. The van der Waals surface area contributed by atoms with E-state index in [0.717, 1.165) is 24.2 Å². The van der Waals surface area contributed by atoms with Gasteiger partial charge < -0.3 is 5.32 Å². The molecule has 2 atom stereocenters. The minimum Gasteiger partial charge on any atom is -0.323 e. The summed E-state index contributed by atoms with van der Waals surface area (Å²) in [6, 6.07) is 7.29. The molecule has 1 aliphatic heterocycles. The van der Waals surface area contributed by atoms with Crippen molar-refractivity contribution in [1.29, 1.82) is 5.26 Å². The van der Waals surface area contributed by atoms with Gasteiger partial charge in [-0.3, -0.25) is 19.3 Å². The molecule has 8 heteroatoms. The van der Waals surface area contributed by atoms with E-state index in [-0.39, 0.29) is 23.2 Å². The van der Waals surface area contributed by atoms with Gasteiger partial charge in [0.2, 0.25) is 5.91 Å². The predicted molar refractivity (Wildman–Crippen MR) is 95.2 cm³/mol. The highest BCUT2D eigenvalue weighted by Crippen LogP contribution is 2.31. The molecule has 1 N–H and O–H groups in total. The Bertz CT molecular complexity index is 844. The van der Waals surface area contributed by atoms with Crippen molar-refractivity contribution in [2.75, 3.05) is 11.9 Å². The van der Waals surface area contributed by atoms with Crippen molar-refractivity contribution < 1.29 is 19.2 Å². The highest BCUT2D eigenvalue weighted by molar-refractivity contribution is 6.45. The van der Waals surface area contributed by atoms with Crippen LogP contribution in [0.2, 0.25) is 0 Å². The first kappa shape index (κ1) is 18.6. The van der Waals surface area contributed by atoms with Gasteiger partial charge in [-0.2, -0.15) is 5.26 Å². The van der Waals surface area contributed by atoms with Crippen LogP contribution in [0, 0.1) is 17.2 Å². The third kappa shape index (κ3) is 3.53. The summed E-state index contributed by atoms with van der Waals surface area (Å²) in [7, 11) is 0. The number of imide groups is 2. The third-order valence-corrected chi connectivity index (χ3v) is 5.11.